The van der Waals surface area contributed by atoms with Gasteiger partial charge in [0, 0.05) is 19.6 Å². The third-order valence-electron chi connectivity index (χ3n) is 15.7. The van der Waals surface area contributed by atoms with Crippen LogP contribution in [0.5, 0.6) is 0 Å². The van der Waals surface area contributed by atoms with E-state index in [1.807, 2.05) is 0 Å². The van der Waals surface area contributed by atoms with Gasteiger partial charge in [-0.3, -0.25) is 4.79 Å². The van der Waals surface area contributed by atoms with Gasteiger partial charge < -0.3 is 19.3 Å². The number of carbonyl (C=O) groups is 1. The van der Waals surface area contributed by atoms with Crippen molar-refractivity contribution in [2.45, 2.75) is 264 Å². The lowest BCUT2D eigenvalue weighted by Gasteiger charge is -2.23. The van der Waals surface area contributed by atoms with Crippen LogP contribution in [-0.4, -0.2) is 49.7 Å². The number of unbranched alkanes of at least 4 members (excludes halogenated alkanes) is 20. The molecule has 0 aromatic carbocycles. The number of carbonyl (C=O) groups excluding carboxylic acids is 1. The zero-order chi connectivity index (χ0) is 41.8. The predicted octanol–water partition coefficient (Wildman–Crippen LogP) is 15.4. The molecule has 0 saturated heterocycles. The van der Waals surface area contributed by atoms with Crippen LogP contribution >= 0.6 is 0 Å². The molecule has 9 unspecified atom stereocenters. The first-order valence-electron chi connectivity index (χ1n) is 27.0. The van der Waals surface area contributed by atoms with Gasteiger partial charge >= 0.3 is 5.97 Å². The second kappa shape index (κ2) is 32.1. The molecule has 4 aliphatic carbocycles. The molecule has 0 heterocycles. The maximum Gasteiger partial charge on any atom is 0.306 e. The van der Waals surface area contributed by atoms with Gasteiger partial charge in [0.2, 0.25) is 0 Å². The molecular weight excluding hydrogens is 729 g/mol. The highest BCUT2D eigenvalue weighted by molar-refractivity contribution is 5.69. The first-order chi connectivity index (χ1) is 29.0. The Morgan fingerprint density at radius 1 is 0.508 bits per heavy atom. The molecule has 346 valence electrons. The molecule has 10 atom stereocenters. The molecule has 4 rings (SSSR count). The van der Waals surface area contributed by atoms with E-state index in [2.05, 4.69) is 20.8 Å². The van der Waals surface area contributed by atoms with E-state index in [1.165, 1.54) is 193 Å². The summed E-state index contributed by atoms with van der Waals surface area (Å²) in [4.78, 5) is 13.1. The quantitative estimate of drug-likeness (QED) is 0.0490. The summed E-state index contributed by atoms with van der Waals surface area (Å²) in [5.74, 6) is 6.18. The number of ether oxygens (including phenoxy) is 3. The van der Waals surface area contributed by atoms with Gasteiger partial charge in [-0.1, -0.05) is 194 Å². The standard InChI is InChI=1S/C54H100O5/c1-4-7-9-11-17-23-29-45-38-47(45)31-25-19-13-15-21-27-35-57-42-51(43-59-54(56)41-49-33-34-53(55)52(49)40-50-37-44(50)6-3)58-36-28-22-16-14-20-26-32-48-39-46(48)30-24-18-12-10-8-5-2/h44-53,55H,4-43H2,1-3H3/t44-,45?,46?,47?,48?,49?,50?,51?,52?,53?/m0/s1. The van der Waals surface area contributed by atoms with Crippen LogP contribution in [0.2, 0.25) is 0 Å². The third kappa shape index (κ3) is 23.6. The van der Waals surface area contributed by atoms with Crippen LogP contribution in [-0.2, 0) is 19.0 Å². The van der Waals surface area contributed by atoms with Crippen LogP contribution in [0.3, 0.4) is 0 Å². The zero-order valence-corrected chi connectivity index (χ0v) is 39.6. The van der Waals surface area contributed by atoms with Crippen molar-refractivity contribution in [1.29, 1.82) is 0 Å². The first-order valence-corrected chi connectivity index (χ1v) is 27.0. The topological polar surface area (TPSA) is 65.0 Å². The zero-order valence-electron chi connectivity index (χ0n) is 39.6. The van der Waals surface area contributed by atoms with Gasteiger partial charge in [-0.05, 0) is 98.7 Å². The highest BCUT2D eigenvalue weighted by atomic mass is 16.6. The highest BCUT2D eigenvalue weighted by Crippen LogP contribution is 2.50. The van der Waals surface area contributed by atoms with Gasteiger partial charge in [0.25, 0.3) is 0 Å². The smallest absolute Gasteiger partial charge is 0.306 e. The first kappa shape index (κ1) is 51.0. The molecule has 0 spiro atoms. The van der Waals surface area contributed by atoms with E-state index in [4.69, 9.17) is 14.2 Å². The van der Waals surface area contributed by atoms with Crippen LogP contribution < -0.4 is 0 Å². The van der Waals surface area contributed by atoms with Crippen molar-refractivity contribution in [3.05, 3.63) is 0 Å². The van der Waals surface area contributed by atoms with Crippen LogP contribution in [0.1, 0.15) is 252 Å². The van der Waals surface area contributed by atoms with Crippen molar-refractivity contribution in [1.82, 2.24) is 0 Å². The Morgan fingerprint density at radius 2 is 0.966 bits per heavy atom. The van der Waals surface area contributed by atoms with E-state index < -0.39 is 0 Å². The summed E-state index contributed by atoms with van der Waals surface area (Å²) in [5, 5.41) is 10.7. The number of esters is 1. The molecule has 0 amide bonds. The Balaban J connectivity index is 1.01. The van der Waals surface area contributed by atoms with Gasteiger partial charge in [-0.2, -0.15) is 0 Å². The lowest BCUT2D eigenvalue weighted by Crippen LogP contribution is -2.29. The molecular formula is C54H100O5. The Labute approximate surface area is 366 Å². The summed E-state index contributed by atoms with van der Waals surface area (Å²) < 4.78 is 18.4. The summed E-state index contributed by atoms with van der Waals surface area (Å²) in [7, 11) is 0. The second-order valence-corrected chi connectivity index (χ2v) is 20.9. The summed E-state index contributed by atoms with van der Waals surface area (Å²) in [5.41, 5.74) is 0. The summed E-state index contributed by atoms with van der Waals surface area (Å²) in [6.45, 7) is 9.14. The molecule has 1 N–H and O–H groups in total. The molecule has 4 aliphatic rings. The normalized spacial score (nSPS) is 27.6. The fourth-order valence-electron chi connectivity index (χ4n) is 11.2. The maximum atomic E-state index is 13.1. The molecule has 0 radical (unpaired) electrons. The van der Waals surface area contributed by atoms with Crippen LogP contribution in [0.25, 0.3) is 0 Å². The molecule has 59 heavy (non-hydrogen) atoms. The SMILES string of the molecule is CCCCCCCCC1CC1CCCCCCCCOCC(COC(=O)CC1CCC(O)C1CC1C[C@@H]1CC)OCCCCCCCCC1CC1CCCCCCCC. The Kier molecular flexibility index (Phi) is 27.7. The van der Waals surface area contributed by atoms with E-state index in [0.29, 0.717) is 19.6 Å². The number of hydrogen-bond donors (Lipinski definition) is 1. The van der Waals surface area contributed by atoms with Crippen LogP contribution in [0.4, 0.5) is 0 Å². The molecule has 5 heteroatoms. The average molecular weight is 829 g/mol. The van der Waals surface area contributed by atoms with E-state index in [9.17, 15) is 9.90 Å². The number of rotatable bonds is 42. The molecule has 0 aromatic rings. The van der Waals surface area contributed by atoms with E-state index in [1.54, 1.807) is 0 Å². The molecule has 0 bridgehead atoms. The Morgan fingerprint density at radius 3 is 1.46 bits per heavy atom. The summed E-state index contributed by atoms with van der Waals surface area (Å²) in [6, 6.07) is 0. The largest absolute Gasteiger partial charge is 0.463 e. The van der Waals surface area contributed by atoms with Crippen LogP contribution in [0.15, 0.2) is 0 Å². The fraction of sp³-hybridized carbons (Fsp3) is 0.981. The predicted molar refractivity (Wildman–Crippen MR) is 249 cm³/mol. The second-order valence-electron chi connectivity index (χ2n) is 20.9. The summed E-state index contributed by atoms with van der Waals surface area (Å²) in [6.07, 6.45) is 47.0. The minimum Gasteiger partial charge on any atom is -0.463 e. The van der Waals surface area contributed by atoms with E-state index in [-0.39, 0.29) is 36.6 Å². The Bertz CT molecular complexity index is 1020. The third-order valence-corrected chi connectivity index (χ3v) is 15.7. The number of hydrogen-bond acceptors (Lipinski definition) is 5. The molecule has 5 nitrogen and oxygen atoms in total. The van der Waals surface area contributed by atoms with Gasteiger partial charge in [0.1, 0.15) is 12.7 Å². The van der Waals surface area contributed by atoms with E-state index >= 15 is 0 Å². The van der Waals surface area contributed by atoms with Gasteiger partial charge in [0.05, 0.1) is 12.7 Å². The highest BCUT2D eigenvalue weighted by Gasteiger charge is 2.43. The van der Waals surface area contributed by atoms with Crippen molar-refractivity contribution in [2.75, 3.05) is 26.4 Å². The van der Waals surface area contributed by atoms with Gasteiger partial charge in [0.15, 0.2) is 0 Å². The van der Waals surface area contributed by atoms with Crippen molar-refractivity contribution >= 4 is 5.97 Å². The minimum atomic E-state index is -0.254. The van der Waals surface area contributed by atoms with Crippen molar-refractivity contribution in [3.63, 3.8) is 0 Å². The minimum absolute atomic E-state index is 0.125. The van der Waals surface area contributed by atoms with Gasteiger partial charge in [-0.25, -0.2) is 0 Å². The fourth-order valence-corrected chi connectivity index (χ4v) is 11.2. The number of aliphatic hydroxyl groups excluding tert-OH is 1. The molecule has 4 saturated carbocycles. The molecule has 0 aromatic heterocycles. The van der Waals surface area contributed by atoms with Crippen molar-refractivity contribution < 1.29 is 24.1 Å². The number of aliphatic hydroxyl groups is 1. The van der Waals surface area contributed by atoms with E-state index in [0.717, 1.165) is 74.2 Å². The maximum absolute atomic E-state index is 13.1. The monoisotopic (exact) mass is 829 g/mol. The van der Waals surface area contributed by atoms with Crippen molar-refractivity contribution in [3.8, 4) is 0 Å². The lowest BCUT2D eigenvalue weighted by atomic mass is 9.87. The van der Waals surface area contributed by atoms with Crippen LogP contribution in [0, 0.1) is 47.3 Å². The lowest BCUT2D eigenvalue weighted by molar-refractivity contribution is -0.151. The van der Waals surface area contributed by atoms with Crippen molar-refractivity contribution in [2.24, 2.45) is 47.3 Å². The molecule has 4 fully saturated rings. The van der Waals surface area contributed by atoms with Gasteiger partial charge in [-0.15, -0.1) is 0 Å². The summed E-state index contributed by atoms with van der Waals surface area (Å²) >= 11 is 0. The molecule has 0 aliphatic heterocycles. The Hall–Kier alpha value is -0.650. The average Bonchev–Trinajstić information content (AvgIpc) is 4.18.